The predicted molar refractivity (Wildman–Crippen MR) is 148 cm³/mol. The van der Waals surface area contributed by atoms with E-state index in [-0.39, 0.29) is 69.6 Å². The van der Waals surface area contributed by atoms with Gasteiger partial charge in [0.2, 0.25) is 11.8 Å². The van der Waals surface area contributed by atoms with Gasteiger partial charge in [-0.3, -0.25) is 24.1 Å². The summed E-state index contributed by atoms with van der Waals surface area (Å²) >= 11 is 0. The smallest absolute Gasteiger partial charge is 0.335 e. The van der Waals surface area contributed by atoms with Crippen LogP contribution >= 0.6 is 0 Å². The van der Waals surface area contributed by atoms with Gasteiger partial charge in [0.15, 0.2) is 11.6 Å². The average molecular weight is 570 g/mol. The summed E-state index contributed by atoms with van der Waals surface area (Å²) in [5, 5.41) is 19.8. The van der Waals surface area contributed by atoms with E-state index in [9.17, 15) is 34.2 Å². The fraction of sp³-hybridized carbons (Fsp3) is 0.281. The van der Waals surface area contributed by atoms with Gasteiger partial charge < -0.3 is 19.7 Å². The second-order valence-corrected chi connectivity index (χ2v) is 10.9. The van der Waals surface area contributed by atoms with E-state index in [2.05, 4.69) is 0 Å². The number of phenolic OH excluding ortho intramolecular Hbond substituents is 1. The maximum Gasteiger partial charge on any atom is 0.335 e. The first-order valence-electron chi connectivity index (χ1n) is 13.4. The Morgan fingerprint density at radius 1 is 0.976 bits per heavy atom. The third-order valence-corrected chi connectivity index (χ3v) is 8.73. The summed E-state index contributed by atoms with van der Waals surface area (Å²) in [6, 6.07) is 8.45. The van der Waals surface area contributed by atoms with Gasteiger partial charge >= 0.3 is 5.97 Å². The number of aromatic hydroxyl groups is 1. The van der Waals surface area contributed by atoms with Gasteiger partial charge in [-0.2, -0.15) is 0 Å². The SMILES string of the molecule is COc1cc(O)cc(OC)c1C1C2=CCC3C(=O)N(c4cccc(C(=O)O)c4)C(=O)C3C2CC2=C1C(=O)C=C(C)C2=O. The highest BCUT2D eigenvalue weighted by Crippen LogP contribution is 2.58. The molecule has 0 radical (unpaired) electrons. The van der Waals surface area contributed by atoms with Crippen LogP contribution in [0.25, 0.3) is 0 Å². The number of carbonyl (C=O) groups excluding carboxylic acids is 4. The predicted octanol–water partition coefficient (Wildman–Crippen LogP) is 3.74. The molecule has 3 aliphatic carbocycles. The average Bonchev–Trinajstić information content (AvgIpc) is 3.23. The minimum absolute atomic E-state index is 0.0607. The third-order valence-electron chi connectivity index (χ3n) is 8.73. The normalized spacial score (nSPS) is 25.0. The van der Waals surface area contributed by atoms with Crippen LogP contribution < -0.4 is 14.4 Å². The molecule has 2 amide bonds. The number of carboxylic acid groups (broad SMARTS) is 1. The minimum atomic E-state index is -1.19. The summed E-state index contributed by atoms with van der Waals surface area (Å²) in [5.41, 5.74) is 2.04. The first-order chi connectivity index (χ1) is 20.1. The van der Waals surface area contributed by atoms with Crippen molar-refractivity contribution in [1.82, 2.24) is 0 Å². The number of fused-ring (bicyclic) bond motifs is 3. The van der Waals surface area contributed by atoms with Crippen molar-refractivity contribution in [2.45, 2.75) is 25.7 Å². The first kappa shape index (κ1) is 27.2. The largest absolute Gasteiger partial charge is 0.508 e. The van der Waals surface area contributed by atoms with Gasteiger partial charge in [0, 0.05) is 40.3 Å². The molecule has 10 nitrogen and oxygen atoms in total. The molecule has 214 valence electrons. The fourth-order valence-electron chi connectivity index (χ4n) is 6.96. The number of allylic oxidation sites excluding steroid dienone is 6. The summed E-state index contributed by atoms with van der Waals surface area (Å²) in [6.45, 7) is 1.57. The van der Waals surface area contributed by atoms with Crippen LogP contribution in [-0.4, -0.2) is 53.8 Å². The molecule has 4 aliphatic rings. The second-order valence-electron chi connectivity index (χ2n) is 10.9. The van der Waals surface area contributed by atoms with E-state index in [4.69, 9.17) is 9.47 Å². The van der Waals surface area contributed by atoms with Crippen LogP contribution in [0, 0.1) is 17.8 Å². The van der Waals surface area contributed by atoms with Crippen molar-refractivity contribution in [3.63, 3.8) is 0 Å². The number of ketones is 2. The van der Waals surface area contributed by atoms with E-state index < -0.39 is 41.5 Å². The van der Waals surface area contributed by atoms with Crippen molar-refractivity contribution < 1.29 is 43.7 Å². The summed E-state index contributed by atoms with van der Waals surface area (Å²) in [4.78, 5) is 67.4. The lowest BCUT2D eigenvalue weighted by molar-refractivity contribution is -0.123. The summed E-state index contributed by atoms with van der Waals surface area (Å²) in [7, 11) is 2.83. The van der Waals surface area contributed by atoms with E-state index >= 15 is 0 Å². The summed E-state index contributed by atoms with van der Waals surface area (Å²) in [6.07, 6.45) is 3.45. The molecule has 1 aliphatic heterocycles. The number of rotatable bonds is 5. The van der Waals surface area contributed by atoms with Gasteiger partial charge in [-0.1, -0.05) is 17.7 Å². The Bertz CT molecular complexity index is 1690. The number of ether oxygens (including phenoxy) is 2. The van der Waals surface area contributed by atoms with E-state index in [0.717, 1.165) is 4.90 Å². The number of imide groups is 1. The van der Waals surface area contributed by atoms with Crippen molar-refractivity contribution in [1.29, 1.82) is 0 Å². The zero-order valence-electron chi connectivity index (χ0n) is 23.0. The van der Waals surface area contributed by atoms with Crippen molar-refractivity contribution in [3.05, 3.63) is 82.0 Å². The first-order valence-corrected chi connectivity index (χ1v) is 13.4. The molecule has 1 heterocycles. The van der Waals surface area contributed by atoms with Gasteiger partial charge in [-0.05, 0) is 50.0 Å². The number of hydrogen-bond donors (Lipinski definition) is 2. The molecule has 10 heteroatoms. The number of carboxylic acids is 1. The molecule has 0 saturated carbocycles. The molecule has 2 N–H and O–H groups in total. The number of hydrogen-bond acceptors (Lipinski definition) is 8. The molecule has 2 aromatic carbocycles. The number of methoxy groups -OCH3 is 2. The van der Waals surface area contributed by atoms with Crippen molar-refractivity contribution >= 4 is 35.0 Å². The Hall–Kier alpha value is -4.99. The number of carbonyl (C=O) groups is 5. The fourth-order valence-corrected chi connectivity index (χ4v) is 6.96. The van der Waals surface area contributed by atoms with Gasteiger partial charge in [0.05, 0.1) is 37.3 Å². The van der Waals surface area contributed by atoms with Crippen LogP contribution in [0.2, 0.25) is 0 Å². The lowest BCUT2D eigenvalue weighted by Crippen LogP contribution is -2.40. The maximum atomic E-state index is 14.1. The maximum absolute atomic E-state index is 14.1. The summed E-state index contributed by atoms with van der Waals surface area (Å²) < 4.78 is 11.2. The number of nitrogens with zero attached hydrogens (tertiary/aromatic N) is 1. The van der Waals surface area contributed by atoms with Crippen molar-refractivity contribution in [2.24, 2.45) is 17.8 Å². The Labute approximate surface area is 240 Å². The second kappa shape index (κ2) is 9.83. The quantitative estimate of drug-likeness (QED) is 0.312. The zero-order chi connectivity index (χ0) is 30.0. The van der Waals surface area contributed by atoms with Crippen molar-refractivity contribution in [2.75, 3.05) is 19.1 Å². The molecule has 0 aromatic heterocycles. The lowest BCUT2D eigenvalue weighted by atomic mass is 9.59. The molecule has 1 fully saturated rings. The van der Waals surface area contributed by atoms with Crippen LogP contribution in [0.1, 0.15) is 41.6 Å². The minimum Gasteiger partial charge on any atom is -0.508 e. The van der Waals surface area contributed by atoms with Crippen LogP contribution in [0.4, 0.5) is 5.69 Å². The van der Waals surface area contributed by atoms with Gasteiger partial charge in [0.1, 0.15) is 17.2 Å². The monoisotopic (exact) mass is 569 g/mol. The number of benzene rings is 2. The Kier molecular flexibility index (Phi) is 6.36. The molecule has 0 bridgehead atoms. The topological polar surface area (TPSA) is 148 Å². The Balaban J connectivity index is 1.53. The van der Waals surface area contributed by atoms with E-state index in [1.807, 2.05) is 6.08 Å². The molecule has 4 atom stereocenters. The van der Waals surface area contributed by atoms with Gasteiger partial charge in [-0.15, -0.1) is 0 Å². The van der Waals surface area contributed by atoms with Crippen LogP contribution in [-0.2, 0) is 19.2 Å². The van der Waals surface area contributed by atoms with E-state index in [1.54, 1.807) is 6.92 Å². The Morgan fingerprint density at radius 3 is 2.31 bits per heavy atom. The highest BCUT2D eigenvalue weighted by molar-refractivity contribution is 6.25. The number of Topliss-reactive ketones (excluding diaryl/α,β-unsaturated/α-hetero) is 1. The third kappa shape index (κ3) is 3.89. The number of anilines is 1. The van der Waals surface area contributed by atoms with Gasteiger partial charge in [-0.25, -0.2) is 4.79 Å². The number of aromatic carboxylic acids is 1. The molecule has 2 aromatic rings. The van der Waals surface area contributed by atoms with E-state index in [1.165, 1.54) is 56.7 Å². The van der Waals surface area contributed by atoms with Crippen LogP contribution in [0.5, 0.6) is 17.2 Å². The van der Waals surface area contributed by atoms with Crippen LogP contribution in [0.3, 0.4) is 0 Å². The van der Waals surface area contributed by atoms with Gasteiger partial charge in [0.25, 0.3) is 0 Å². The molecule has 42 heavy (non-hydrogen) atoms. The van der Waals surface area contributed by atoms with Crippen LogP contribution in [0.15, 0.2) is 70.8 Å². The molecule has 6 rings (SSSR count). The lowest BCUT2D eigenvalue weighted by Gasteiger charge is -2.42. The molecular weight excluding hydrogens is 542 g/mol. The Morgan fingerprint density at radius 2 is 1.67 bits per heavy atom. The highest BCUT2D eigenvalue weighted by atomic mass is 16.5. The number of phenols is 1. The number of amides is 2. The zero-order valence-corrected chi connectivity index (χ0v) is 23.0. The molecular formula is C32H27NO9. The summed E-state index contributed by atoms with van der Waals surface area (Å²) in [5.74, 6) is -5.43. The van der Waals surface area contributed by atoms with E-state index in [0.29, 0.717) is 11.1 Å². The standard InChI is InChI=1S/C32H27NO9/c1-14-9-22(35)26-21(29(14)36)13-20-18(27(26)28-23(41-2)11-17(34)12-24(28)42-3)7-8-19-25(20)31(38)33(30(19)37)16-6-4-5-15(10-16)32(39)40/h4-7,9-12,19-20,25,27,34H,8,13H2,1-3H3,(H,39,40). The molecule has 4 unspecified atom stereocenters. The molecule has 0 spiro atoms. The van der Waals surface area contributed by atoms with Crippen molar-refractivity contribution in [3.8, 4) is 17.2 Å². The highest BCUT2D eigenvalue weighted by Gasteiger charge is 2.57. The molecule has 1 saturated heterocycles.